The molecule has 0 aromatic heterocycles. The molecular formula is C17H19Cl2NO2S. The first-order valence-corrected chi connectivity index (χ1v) is 9.74. The van der Waals surface area contributed by atoms with Gasteiger partial charge in [0.1, 0.15) is 0 Å². The van der Waals surface area contributed by atoms with Crippen molar-refractivity contribution in [3.05, 3.63) is 69.7 Å². The number of rotatable bonds is 7. The van der Waals surface area contributed by atoms with E-state index < -0.39 is 10.0 Å². The molecule has 23 heavy (non-hydrogen) atoms. The van der Waals surface area contributed by atoms with Crippen molar-refractivity contribution in [2.75, 3.05) is 0 Å². The maximum Gasteiger partial charge on any atom is 0.216 e. The molecule has 0 spiro atoms. The van der Waals surface area contributed by atoms with Crippen LogP contribution < -0.4 is 4.72 Å². The highest BCUT2D eigenvalue weighted by Gasteiger charge is 2.16. The Balaban J connectivity index is 1.90. The van der Waals surface area contributed by atoms with Gasteiger partial charge in [-0.25, -0.2) is 13.1 Å². The summed E-state index contributed by atoms with van der Waals surface area (Å²) in [5, 5.41) is 0.772. The lowest BCUT2D eigenvalue weighted by atomic mass is 10.1. The number of aryl methyl sites for hydroxylation is 1. The van der Waals surface area contributed by atoms with E-state index in [0.717, 1.165) is 12.8 Å². The monoisotopic (exact) mass is 371 g/mol. The SMILES string of the molecule is C[C@H](CCc1ccccc1)NS(=O)(=O)Cc1ccc(Cl)c(Cl)c1. The van der Waals surface area contributed by atoms with Crippen LogP contribution in [0, 0.1) is 0 Å². The van der Waals surface area contributed by atoms with E-state index in [4.69, 9.17) is 23.2 Å². The Morgan fingerprint density at radius 1 is 1.00 bits per heavy atom. The van der Waals surface area contributed by atoms with Gasteiger partial charge in [-0.05, 0) is 43.0 Å². The van der Waals surface area contributed by atoms with E-state index >= 15 is 0 Å². The van der Waals surface area contributed by atoms with E-state index in [0.29, 0.717) is 15.6 Å². The van der Waals surface area contributed by atoms with Gasteiger partial charge in [-0.2, -0.15) is 0 Å². The van der Waals surface area contributed by atoms with Gasteiger partial charge in [-0.3, -0.25) is 0 Å². The number of benzene rings is 2. The summed E-state index contributed by atoms with van der Waals surface area (Å²) in [5.74, 6) is -0.112. The first-order valence-electron chi connectivity index (χ1n) is 7.33. The Labute approximate surface area is 147 Å². The Hall–Kier alpha value is -1.07. The first kappa shape index (κ1) is 18.3. The maximum atomic E-state index is 12.2. The fraction of sp³-hybridized carbons (Fsp3) is 0.294. The van der Waals surface area contributed by atoms with Crippen molar-refractivity contribution in [3.8, 4) is 0 Å². The van der Waals surface area contributed by atoms with Crippen LogP contribution in [0.5, 0.6) is 0 Å². The Morgan fingerprint density at radius 3 is 2.35 bits per heavy atom. The van der Waals surface area contributed by atoms with Crippen molar-refractivity contribution >= 4 is 33.2 Å². The van der Waals surface area contributed by atoms with Gasteiger partial charge < -0.3 is 0 Å². The second-order valence-corrected chi connectivity index (χ2v) is 8.12. The summed E-state index contributed by atoms with van der Waals surface area (Å²) in [5.41, 5.74) is 1.81. The van der Waals surface area contributed by atoms with Gasteiger partial charge in [0, 0.05) is 6.04 Å². The summed E-state index contributed by atoms with van der Waals surface area (Å²) in [4.78, 5) is 0. The smallest absolute Gasteiger partial charge is 0.212 e. The van der Waals surface area contributed by atoms with Crippen molar-refractivity contribution in [1.82, 2.24) is 4.72 Å². The molecule has 2 aromatic carbocycles. The zero-order chi connectivity index (χ0) is 16.9. The average molecular weight is 372 g/mol. The van der Waals surface area contributed by atoms with Crippen molar-refractivity contribution in [2.45, 2.75) is 31.6 Å². The summed E-state index contributed by atoms with van der Waals surface area (Å²) in [6.45, 7) is 1.87. The Kier molecular flexibility index (Phi) is 6.48. The molecule has 0 radical (unpaired) electrons. The minimum Gasteiger partial charge on any atom is -0.212 e. The van der Waals surface area contributed by atoms with Crippen LogP contribution in [0.3, 0.4) is 0 Å². The molecule has 3 nitrogen and oxygen atoms in total. The quantitative estimate of drug-likeness (QED) is 0.781. The fourth-order valence-electron chi connectivity index (χ4n) is 2.28. The molecule has 124 valence electrons. The summed E-state index contributed by atoms with van der Waals surface area (Å²) in [6, 6.07) is 14.7. The number of sulfonamides is 1. The zero-order valence-corrected chi connectivity index (χ0v) is 15.1. The third-order valence-electron chi connectivity index (χ3n) is 3.43. The molecule has 0 aliphatic heterocycles. The lowest BCUT2D eigenvalue weighted by Gasteiger charge is -2.14. The van der Waals surface area contributed by atoms with Gasteiger partial charge in [0.25, 0.3) is 0 Å². The number of hydrogen-bond donors (Lipinski definition) is 1. The third kappa shape index (κ3) is 6.15. The van der Waals surface area contributed by atoms with Crippen LogP contribution in [-0.4, -0.2) is 14.5 Å². The van der Waals surface area contributed by atoms with E-state index in [1.54, 1.807) is 18.2 Å². The molecule has 1 N–H and O–H groups in total. The predicted molar refractivity (Wildman–Crippen MR) is 96.4 cm³/mol. The second-order valence-electron chi connectivity index (χ2n) is 5.55. The number of halogens is 2. The Bertz CT molecular complexity index is 748. The van der Waals surface area contributed by atoms with Gasteiger partial charge in [0.2, 0.25) is 10.0 Å². The molecule has 0 heterocycles. The zero-order valence-electron chi connectivity index (χ0n) is 12.8. The van der Waals surface area contributed by atoms with Crippen LogP contribution in [0.25, 0.3) is 0 Å². The molecule has 0 aliphatic carbocycles. The van der Waals surface area contributed by atoms with Crippen LogP contribution in [0.15, 0.2) is 48.5 Å². The van der Waals surface area contributed by atoms with Crippen LogP contribution >= 0.6 is 23.2 Å². The molecule has 2 rings (SSSR count). The molecule has 0 unspecified atom stereocenters. The van der Waals surface area contributed by atoms with Crippen molar-refractivity contribution < 1.29 is 8.42 Å². The van der Waals surface area contributed by atoms with Gasteiger partial charge in [-0.1, -0.05) is 59.6 Å². The summed E-state index contributed by atoms with van der Waals surface area (Å²) >= 11 is 11.8. The normalized spacial score (nSPS) is 13.0. The molecule has 1 atom stereocenters. The maximum absolute atomic E-state index is 12.2. The molecule has 0 saturated heterocycles. The summed E-state index contributed by atoms with van der Waals surface area (Å²) in [7, 11) is -3.42. The van der Waals surface area contributed by atoms with Crippen LogP contribution in [0.1, 0.15) is 24.5 Å². The lowest BCUT2D eigenvalue weighted by molar-refractivity contribution is 0.546. The number of hydrogen-bond acceptors (Lipinski definition) is 2. The largest absolute Gasteiger partial charge is 0.216 e. The minimum absolute atomic E-state index is 0.112. The highest BCUT2D eigenvalue weighted by molar-refractivity contribution is 7.88. The van der Waals surface area contributed by atoms with Gasteiger partial charge in [0.05, 0.1) is 15.8 Å². The molecule has 6 heteroatoms. The van der Waals surface area contributed by atoms with Gasteiger partial charge in [-0.15, -0.1) is 0 Å². The lowest BCUT2D eigenvalue weighted by Crippen LogP contribution is -2.33. The highest BCUT2D eigenvalue weighted by Crippen LogP contribution is 2.23. The first-order chi connectivity index (χ1) is 10.9. The Morgan fingerprint density at radius 2 is 1.70 bits per heavy atom. The van der Waals surface area contributed by atoms with Gasteiger partial charge in [0.15, 0.2) is 0 Å². The van der Waals surface area contributed by atoms with E-state index in [9.17, 15) is 8.42 Å². The predicted octanol–water partition coefficient (Wildman–Crippen LogP) is 4.43. The molecular weight excluding hydrogens is 353 g/mol. The standard InChI is InChI=1S/C17H19Cl2NO2S/c1-13(7-8-14-5-3-2-4-6-14)20-23(21,22)12-15-9-10-16(18)17(19)11-15/h2-6,9-11,13,20H,7-8,12H2,1H3/t13-/m1/s1. The van der Waals surface area contributed by atoms with E-state index in [1.807, 2.05) is 37.3 Å². The van der Waals surface area contributed by atoms with Crippen LogP contribution in [-0.2, 0) is 22.2 Å². The van der Waals surface area contributed by atoms with E-state index in [1.165, 1.54) is 5.56 Å². The van der Waals surface area contributed by atoms with E-state index in [2.05, 4.69) is 4.72 Å². The third-order valence-corrected chi connectivity index (χ3v) is 5.64. The second kappa shape index (κ2) is 8.15. The fourth-order valence-corrected chi connectivity index (χ4v) is 4.04. The summed E-state index contributed by atoms with van der Waals surface area (Å²) in [6.07, 6.45) is 1.57. The average Bonchev–Trinajstić information content (AvgIpc) is 2.49. The molecule has 0 aliphatic rings. The molecule has 0 bridgehead atoms. The van der Waals surface area contributed by atoms with Crippen molar-refractivity contribution in [3.63, 3.8) is 0 Å². The van der Waals surface area contributed by atoms with E-state index in [-0.39, 0.29) is 11.8 Å². The summed E-state index contributed by atoms with van der Waals surface area (Å²) < 4.78 is 27.2. The minimum atomic E-state index is -3.42. The van der Waals surface area contributed by atoms with Crippen molar-refractivity contribution in [1.29, 1.82) is 0 Å². The molecule has 0 fully saturated rings. The molecule has 0 amide bonds. The molecule has 2 aromatic rings. The van der Waals surface area contributed by atoms with Crippen molar-refractivity contribution in [2.24, 2.45) is 0 Å². The number of nitrogens with one attached hydrogen (secondary N) is 1. The topological polar surface area (TPSA) is 46.2 Å². The molecule has 0 saturated carbocycles. The van der Waals surface area contributed by atoms with Crippen LogP contribution in [0.2, 0.25) is 10.0 Å². The van der Waals surface area contributed by atoms with Gasteiger partial charge >= 0.3 is 0 Å². The highest BCUT2D eigenvalue weighted by atomic mass is 35.5. The van der Waals surface area contributed by atoms with Crippen LogP contribution in [0.4, 0.5) is 0 Å².